The summed E-state index contributed by atoms with van der Waals surface area (Å²) in [5, 5.41) is 0.916. The van der Waals surface area contributed by atoms with Crippen LogP contribution in [0.2, 0.25) is 0 Å². The number of fused-ring (bicyclic) bond motifs is 1. The van der Waals surface area contributed by atoms with Gasteiger partial charge in [-0.25, -0.2) is 0 Å². The van der Waals surface area contributed by atoms with Gasteiger partial charge in [0.25, 0.3) is 5.91 Å². The molecular weight excluding hydrogens is 328 g/mol. The van der Waals surface area contributed by atoms with E-state index in [2.05, 4.69) is 0 Å². The second-order valence-electron chi connectivity index (χ2n) is 6.56. The number of rotatable bonds is 3. The number of carbonyl (C=O) groups excluding carboxylic acids is 1. The molecule has 0 aliphatic carbocycles. The zero-order valence-electron chi connectivity index (χ0n) is 15.0. The molecule has 0 unspecified atom stereocenters. The highest BCUT2D eigenvalue weighted by Gasteiger charge is 2.27. The number of methoxy groups -OCH3 is 1. The Balaban J connectivity index is 1.64. The molecule has 1 saturated heterocycles. The third-order valence-corrected chi connectivity index (χ3v) is 4.95. The Morgan fingerprint density at radius 1 is 1.19 bits per heavy atom. The molecule has 0 spiro atoms. The molecule has 1 aromatic heterocycles. The molecule has 0 bridgehead atoms. The minimum absolute atomic E-state index is 0.0353. The molecule has 2 heterocycles. The second kappa shape index (κ2) is 6.84. The van der Waals surface area contributed by atoms with Gasteiger partial charge in [0, 0.05) is 30.7 Å². The van der Waals surface area contributed by atoms with Crippen molar-refractivity contribution in [2.24, 2.45) is 7.05 Å². The molecule has 1 aliphatic rings. The average molecular weight is 350 g/mol. The number of aryl methyl sites for hydroxylation is 1. The normalized spacial score (nSPS) is 17.5. The van der Waals surface area contributed by atoms with Gasteiger partial charge < -0.3 is 18.9 Å². The number of hydrogen-bond donors (Lipinski definition) is 0. The third-order valence-electron chi connectivity index (χ3n) is 4.95. The molecule has 2 aromatic carbocycles. The molecule has 1 atom stereocenters. The molecule has 0 N–H and O–H groups in total. The van der Waals surface area contributed by atoms with Crippen LogP contribution in [0.1, 0.15) is 22.0 Å². The maximum atomic E-state index is 13.2. The summed E-state index contributed by atoms with van der Waals surface area (Å²) in [5.74, 6) is 0.787. The van der Waals surface area contributed by atoms with Crippen LogP contribution in [-0.4, -0.2) is 42.2 Å². The van der Waals surface area contributed by atoms with Gasteiger partial charge in [-0.2, -0.15) is 0 Å². The van der Waals surface area contributed by atoms with E-state index < -0.39 is 0 Å². The van der Waals surface area contributed by atoms with Crippen molar-refractivity contribution in [2.45, 2.75) is 6.10 Å². The van der Waals surface area contributed by atoms with Crippen molar-refractivity contribution in [2.75, 3.05) is 26.8 Å². The van der Waals surface area contributed by atoms with E-state index in [-0.39, 0.29) is 12.0 Å². The fourth-order valence-electron chi connectivity index (χ4n) is 3.54. The highest BCUT2D eigenvalue weighted by Crippen LogP contribution is 2.28. The van der Waals surface area contributed by atoms with E-state index in [1.54, 1.807) is 7.11 Å². The van der Waals surface area contributed by atoms with Crippen molar-refractivity contribution in [3.05, 3.63) is 65.9 Å². The number of morpholine rings is 1. The maximum absolute atomic E-state index is 13.2. The lowest BCUT2D eigenvalue weighted by Gasteiger charge is -2.33. The standard InChI is InChI=1S/C21H22N2O3/c1-22-13-18(17-12-16(25-2)8-9-19(17)22)21(24)23-10-11-26-20(14-23)15-6-4-3-5-7-15/h3-9,12-13,20H,10-11,14H2,1-2H3/t20-/m1/s1. The molecule has 1 fully saturated rings. The summed E-state index contributed by atoms with van der Waals surface area (Å²) in [6.07, 6.45) is 1.82. The van der Waals surface area contributed by atoms with E-state index in [1.807, 2.05) is 71.2 Å². The summed E-state index contributed by atoms with van der Waals surface area (Å²) in [7, 11) is 3.59. The minimum Gasteiger partial charge on any atom is -0.497 e. The van der Waals surface area contributed by atoms with Gasteiger partial charge in [-0.15, -0.1) is 0 Å². The fourth-order valence-corrected chi connectivity index (χ4v) is 3.54. The molecule has 5 heteroatoms. The van der Waals surface area contributed by atoms with Gasteiger partial charge in [0.2, 0.25) is 0 Å². The van der Waals surface area contributed by atoms with Crippen LogP contribution in [0.4, 0.5) is 0 Å². The van der Waals surface area contributed by atoms with E-state index in [9.17, 15) is 4.79 Å². The van der Waals surface area contributed by atoms with Crippen LogP contribution in [0.15, 0.2) is 54.7 Å². The van der Waals surface area contributed by atoms with Crippen LogP contribution in [0, 0.1) is 0 Å². The molecule has 1 aliphatic heterocycles. The van der Waals surface area contributed by atoms with Gasteiger partial charge in [0.1, 0.15) is 11.9 Å². The molecule has 26 heavy (non-hydrogen) atoms. The van der Waals surface area contributed by atoms with Gasteiger partial charge in [-0.3, -0.25) is 4.79 Å². The molecule has 0 saturated carbocycles. The predicted molar refractivity (Wildman–Crippen MR) is 101 cm³/mol. The number of carbonyl (C=O) groups is 1. The summed E-state index contributed by atoms with van der Waals surface area (Å²) in [4.78, 5) is 15.1. The lowest BCUT2D eigenvalue weighted by atomic mass is 10.1. The molecule has 5 nitrogen and oxygen atoms in total. The quantitative estimate of drug-likeness (QED) is 0.727. The summed E-state index contributed by atoms with van der Waals surface area (Å²) < 4.78 is 13.2. The first kappa shape index (κ1) is 16.7. The number of hydrogen-bond acceptors (Lipinski definition) is 3. The van der Waals surface area contributed by atoms with Gasteiger partial charge in [0.05, 0.1) is 25.8 Å². The van der Waals surface area contributed by atoms with E-state index in [1.165, 1.54) is 0 Å². The topological polar surface area (TPSA) is 43.7 Å². The number of benzene rings is 2. The lowest BCUT2D eigenvalue weighted by Crippen LogP contribution is -2.42. The van der Waals surface area contributed by atoms with E-state index in [0.29, 0.717) is 25.3 Å². The van der Waals surface area contributed by atoms with Crippen LogP contribution in [0.25, 0.3) is 10.9 Å². The second-order valence-corrected chi connectivity index (χ2v) is 6.56. The van der Waals surface area contributed by atoms with Crippen molar-refractivity contribution in [1.29, 1.82) is 0 Å². The molecule has 1 amide bonds. The van der Waals surface area contributed by atoms with Crippen LogP contribution in [-0.2, 0) is 11.8 Å². The zero-order valence-corrected chi connectivity index (χ0v) is 15.0. The molecule has 134 valence electrons. The van der Waals surface area contributed by atoms with Crippen molar-refractivity contribution in [3.63, 3.8) is 0 Å². The lowest BCUT2D eigenvalue weighted by molar-refractivity contribution is -0.0227. The van der Waals surface area contributed by atoms with Gasteiger partial charge >= 0.3 is 0 Å². The molecular formula is C21H22N2O3. The third kappa shape index (κ3) is 2.95. The van der Waals surface area contributed by atoms with E-state index >= 15 is 0 Å². The van der Waals surface area contributed by atoms with Crippen molar-refractivity contribution in [3.8, 4) is 5.75 Å². The SMILES string of the molecule is COc1ccc2c(c1)c(C(=O)N1CCO[C@@H](c3ccccc3)C1)cn2C. The smallest absolute Gasteiger partial charge is 0.256 e. The maximum Gasteiger partial charge on any atom is 0.256 e. The number of nitrogens with zero attached hydrogens (tertiary/aromatic N) is 2. The van der Waals surface area contributed by atoms with Crippen LogP contribution < -0.4 is 4.74 Å². The Morgan fingerprint density at radius 3 is 2.77 bits per heavy atom. The molecule has 0 radical (unpaired) electrons. The Morgan fingerprint density at radius 2 is 2.00 bits per heavy atom. The number of ether oxygens (including phenoxy) is 2. The number of amides is 1. The van der Waals surface area contributed by atoms with Gasteiger partial charge in [-0.1, -0.05) is 30.3 Å². The monoisotopic (exact) mass is 350 g/mol. The van der Waals surface area contributed by atoms with E-state index in [0.717, 1.165) is 22.2 Å². The first-order chi connectivity index (χ1) is 12.7. The van der Waals surface area contributed by atoms with Crippen LogP contribution in [0.3, 0.4) is 0 Å². The minimum atomic E-state index is -0.0848. The van der Waals surface area contributed by atoms with Crippen molar-refractivity contribution < 1.29 is 14.3 Å². The first-order valence-electron chi connectivity index (χ1n) is 8.76. The average Bonchev–Trinajstić information content (AvgIpc) is 3.04. The van der Waals surface area contributed by atoms with Gasteiger partial charge in [-0.05, 0) is 23.8 Å². The predicted octanol–water partition coefficient (Wildman–Crippen LogP) is 3.40. The first-order valence-corrected chi connectivity index (χ1v) is 8.76. The summed E-state index contributed by atoms with van der Waals surface area (Å²) in [6.45, 7) is 1.70. The van der Waals surface area contributed by atoms with Crippen molar-refractivity contribution >= 4 is 16.8 Å². The largest absolute Gasteiger partial charge is 0.497 e. The molecule has 3 aromatic rings. The highest BCUT2D eigenvalue weighted by atomic mass is 16.5. The van der Waals surface area contributed by atoms with Crippen molar-refractivity contribution in [1.82, 2.24) is 9.47 Å². The van der Waals surface area contributed by atoms with Crippen LogP contribution in [0.5, 0.6) is 5.75 Å². The fraction of sp³-hybridized carbons (Fsp3) is 0.286. The number of aromatic nitrogens is 1. The zero-order chi connectivity index (χ0) is 18.1. The Bertz CT molecular complexity index is 933. The Kier molecular flexibility index (Phi) is 4.39. The highest BCUT2D eigenvalue weighted by molar-refractivity contribution is 6.07. The summed E-state index contributed by atoms with van der Waals surface area (Å²) in [5.41, 5.74) is 2.82. The van der Waals surface area contributed by atoms with Gasteiger partial charge in [0.15, 0.2) is 0 Å². The Labute approximate surface area is 152 Å². The summed E-state index contributed by atoms with van der Waals surface area (Å²) in [6, 6.07) is 15.9. The molecule has 4 rings (SSSR count). The Hall–Kier alpha value is -2.79. The van der Waals surface area contributed by atoms with Crippen LogP contribution >= 0.6 is 0 Å². The van der Waals surface area contributed by atoms with E-state index in [4.69, 9.17) is 9.47 Å². The summed E-state index contributed by atoms with van der Waals surface area (Å²) >= 11 is 0.